The Kier molecular flexibility index (Phi) is 5.36. The Balaban J connectivity index is 1.71. The number of hydrogen-bond acceptors (Lipinski definition) is 7. The van der Waals surface area contributed by atoms with Crippen molar-refractivity contribution in [2.75, 3.05) is 12.4 Å². The van der Waals surface area contributed by atoms with Gasteiger partial charge in [0.1, 0.15) is 23.4 Å². The number of fused-ring (bicyclic) bond motifs is 1. The first-order valence-corrected chi connectivity index (χ1v) is 9.33. The first kappa shape index (κ1) is 20.8. The van der Waals surface area contributed by atoms with E-state index in [1.54, 1.807) is 29.9 Å². The summed E-state index contributed by atoms with van der Waals surface area (Å²) in [5.41, 5.74) is 1.68. The number of hydrogen-bond donors (Lipinski definition) is 1. The minimum atomic E-state index is -4.60. The fraction of sp³-hybridized carbons (Fsp3) is 0.211. The monoisotopic (exact) mass is 449 g/mol. The van der Waals surface area contributed by atoms with E-state index in [0.29, 0.717) is 38.7 Å². The Hall–Kier alpha value is -3.47. The van der Waals surface area contributed by atoms with Crippen molar-refractivity contribution in [2.24, 2.45) is 0 Å². The first-order chi connectivity index (χ1) is 14.8. The summed E-state index contributed by atoms with van der Waals surface area (Å²) in [6, 6.07) is 3.13. The van der Waals surface area contributed by atoms with Crippen LogP contribution in [0.15, 0.2) is 43.2 Å². The molecule has 0 bridgehead atoms. The molecule has 0 saturated heterocycles. The van der Waals surface area contributed by atoms with E-state index in [4.69, 9.17) is 16.3 Å². The number of nitrogens with zero attached hydrogens (tertiary/aromatic N) is 6. The number of halogens is 4. The zero-order valence-electron chi connectivity index (χ0n) is 16.2. The smallest absolute Gasteiger partial charge is 0.451 e. The molecule has 0 aliphatic carbocycles. The molecule has 4 aromatic rings. The van der Waals surface area contributed by atoms with Gasteiger partial charge in [0.2, 0.25) is 5.82 Å². The van der Waals surface area contributed by atoms with Gasteiger partial charge in [-0.15, -0.1) is 0 Å². The van der Waals surface area contributed by atoms with Gasteiger partial charge >= 0.3 is 6.18 Å². The predicted molar refractivity (Wildman–Crippen MR) is 107 cm³/mol. The summed E-state index contributed by atoms with van der Waals surface area (Å²) in [5, 5.41) is 8.46. The molecule has 0 saturated carbocycles. The van der Waals surface area contributed by atoms with Gasteiger partial charge in [-0.3, -0.25) is 0 Å². The minimum absolute atomic E-state index is 0.436. The second-order valence-electron chi connectivity index (χ2n) is 6.57. The van der Waals surface area contributed by atoms with Crippen LogP contribution in [0, 0.1) is 0 Å². The number of ether oxygens (including phenoxy) is 1. The van der Waals surface area contributed by atoms with Crippen LogP contribution in [-0.4, -0.2) is 36.8 Å². The minimum Gasteiger partial charge on any atom is -0.494 e. The first-order valence-electron chi connectivity index (χ1n) is 8.95. The molecule has 3 aromatic heterocycles. The van der Waals surface area contributed by atoms with Gasteiger partial charge in [0.25, 0.3) is 0 Å². The maximum Gasteiger partial charge on any atom is 0.451 e. The second-order valence-corrected chi connectivity index (χ2v) is 7.01. The number of anilines is 1. The van der Waals surface area contributed by atoms with Crippen molar-refractivity contribution in [1.29, 1.82) is 0 Å². The van der Waals surface area contributed by atoms with E-state index in [1.165, 1.54) is 19.6 Å². The largest absolute Gasteiger partial charge is 0.494 e. The number of alkyl halides is 3. The lowest BCUT2D eigenvalue weighted by Crippen LogP contribution is -2.14. The van der Waals surface area contributed by atoms with Crippen LogP contribution in [0.25, 0.3) is 16.6 Å². The summed E-state index contributed by atoms with van der Waals surface area (Å²) in [6.07, 6.45) is 2.18. The lowest BCUT2D eigenvalue weighted by molar-refractivity contribution is -0.145. The Bertz CT molecular complexity index is 1230. The van der Waals surface area contributed by atoms with Crippen LogP contribution in [0.5, 0.6) is 5.75 Å². The molecule has 31 heavy (non-hydrogen) atoms. The van der Waals surface area contributed by atoms with E-state index in [2.05, 4.69) is 30.4 Å². The zero-order valence-corrected chi connectivity index (χ0v) is 17.0. The summed E-state index contributed by atoms with van der Waals surface area (Å²) in [6.45, 7) is 1.76. The van der Waals surface area contributed by atoms with Crippen LogP contribution in [-0.2, 0) is 6.18 Å². The van der Waals surface area contributed by atoms with Gasteiger partial charge in [-0.1, -0.05) is 11.6 Å². The quantitative estimate of drug-likeness (QED) is 0.481. The highest BCUT2D eigenvalue weighted by molar-refractivity contribution is 6.30. The average molecular weight is 450 g/mol. The van der Waals surface area contributed by atoms with Crippen LogP contribution in [0.2, 0.25) is 5.02 Å². The number of methoxy groups -OCH3 is 1. The van der Waals surface area contributed by atoms with Crippen LogP contribution in [0.1, 0.15) is 24.4 Å². The lowest BCUT2D eigenvalue weighted by atomic mass is 10.1. The topological polar surface area (TPSA) is 90.6 Å². The fourth-order valence-corrected chi connectivity index (χ4v) is 3.10. The summed E-state index contributed by atoms with van der Waals surface area (Å²) >= 11 is 5.98. The molecule has 160 valence electrons. The lowest BCUT2D eigenvalue weighted by Gasteiger charge is -2.17. The number of rotatable bonds is 5. The molecule has 4 rings (SSSR count). The van der Waals surface area contributed by atoms with E-state index < -0.39 is 18.0 Å². The highest BCUT2D eigenvalue weighted by Crippen LogP contribution is 2.33. The van der Waals surface area contributed by atoms with Gasteiger partial charge in [-0.05, 0) is 13.0 Å². The zero-order chi connectivity index (χ0) is 22.2. The second kappa shape index (κ2) is 7.99. The molecule has 0 fully saturated rings. The third-order valence-corrected chi connectivity index (χ3v) is 4.70. The Morgan fingerprint density at radius 1 is 1.10 bits per heavy atom. The third-order valence-electron chi connectivity index (χ3n) is 4.50. The number of benzene rings is 1. The summed E-state index contributed by atoms with van der Waals surface area (Å²) < 4.78 is 45.2. The normalized spacial score (nSPS) is 12.7. The van der Waals surface area contributed by atoms with Gasteiger partial charge in [0, 0.05) is 35.6 Å². The van der Waals surface area contributed by atoms with Crippen LogP contribution in [0.4, 0.5) is 19.0 Å². The van der Waals surface area contributed by atoms with Gasteiger partial charge in [-0.25, -0.2) is 24.6 Å². The van der Waals surface area contributed by atoms with Crippen molar-refractivity contribution in [1.82, 2.24) is 29.7 Å². The fourth-order valence-electron chi connectivity index (χ4n) is 2.96. The van der Waals surface area contributed by atoms with Crippen LogP contribution >= 0.6 is 11.6 Å². The molecular formula is C19H15ClF3N7O. The SMILES string of the molecule is COc1cc(-n2cc(Cl)cn2)cc2c(NC(C)c3cnc(C(F)(F)F)nc3)ncnc12. The van der Waals surface area contributed by atoms with Gasteiger partial charge in [-0.2, -0.15) is 18.3 Å². The maximum absolute atomic E-state index is 12.7. The molecule has 1 aromatic carbocycles. The van der Waals surface area contributed by atoms with E-state index in [9.17, 15) is 13.2 Å². The predicted octanol–water partition coefficient (Wildman–Crippen LogP) is 4.46. The molecule has 0 amide bonds. The van der Waals surface area contributed by atoms with Crippen molar-refractivity contribution < 1.29 is 17.9 Å². The van der Waals surface area contributed by atoms with Crippen molar-refractivity contribution in [3.63, 3.8) is 0 Å². The molecule has 12 heteroatoms. The van der Waals surface area contributed by atoms with Gasteiger partial charge in [0.05, 0.1) is 30.1 Å². The van der Waals surface area contributed by atoms with Crippen molar-refractivity contribution in [3.05, 3.63) is 59.7 Å². The highest BCUT2D eigenvalue weighted by atomic mass is 35.5. The molecule has 1 N–H and O–H groups in total. The molecule has 0 aliphatic rings. The molecule has 0 radical (unpaired) electrons. The highest BCUT2D eigenvalue weighted by Gasteiger charge is 2.34. The molecule has 1 atom stereocenters. The van der Waals surface area contributed by atoms with Gasteiger partial charge < -0.3 is 10.1 Å². The summed E-state index contributed by atoms with van der Waals surface area (Å²) in [4.78, 5) is 15.4. The van der Waals surface area contributed by atoms with Crippen molar-refractivity contribution in [3.8, 4) is 11.4 Å². The Labute approximate surface area is 179 Å². The molecule has 1 unspecified atom stereocenters. The van der Waals surface area contributed by atoms with Crippen molar-refractivity contribution in [2.45, 2.75) is 19.1 Å². The van der Waals surface area contributed by atoms with Crippen molar-refractivity contribution >= 4 is 28.3 Å². The maximum atomic E-state index is 12.7. The van der Waals surface area contributed by atoms with E-state index >= 15 is 0 Å². The Morgan fingerprint density at radius 2 is 1.84 bits per heavy atom. The number of aromatic nitrogens is 6. The summed E-state index contributed by atoms with van der Waals surface area (Å²) in [7, 11) is 1.52. The standard InChI is InChI=1S/C19H15ClF3N7O/c1-10(11-5-24-18(25-6-11)19(21,22)23)29-17-14-3-13(30-8-12(20)7-28-30)4-15(31-2)16(14)26-9-27-17/h3-10H,1-2H3,(H,26,27,29). The number of nitrogens with one attached hydrogen (secondary N) is 1. The molecule has 0 spiro atoms. The molecule has 8 nitrogen and oxygen atoms in total. The Morgan fingerprint density at radius 3 is 2.45 bits per heavy atom. The van der Waals surface area contributed by atoms with Crippen LogP contribution < -0.4 is 10.1 Å². The summed E-state index contributed by atoms with van der Waals surface area (Å²) in [5.74, 6) is -0.242. The third kappa shape index (κ3) is 4.22. The van der Waals surface area contributed by atoms with Crippen LogP contribution in [0.3, 0.4) is 0 Å². The van der Waals surface area contributed by atoms with E-state index in [1.807, 2.05) is 0 Å². The van der Waals surface area contributed by atoms with E-state index in [0.717, 1.165) is 12.4 Å². The average Bonchev–Trinajstić information content (AvgIpc) is 3.19. The molecular weight excluding hydrogens is 435 g/mol. The van der Waals surface area contributed by atoms with Gasteiger partial charge in [0.15, 0.2) is 0 Å². The van der Waals surface area contributed by atoms with E-state index in [-0.39, 0.29) is 0 Å². The molecule has 0 aliphatic heterocycles. The molecule has 3 heterocycles.